The van der Waals surface area contributed by atoms with E-state index in [1.54, 1.807) is 11.8 Å². The van der Waals surface area contributed by atoms with Crippen LogP contribution in [0.2, 0.25) is 0 Å². The Hall–Kier alpha value is -3.18. The van der Waals surface area contributed by atoms with Gasteiger partial charge in [0.05, 0.1) is 12.0 Å². The smallest absolute Gasteiger partial charge is 0.287 e. The van der Waals surface area contributed by atoms with E-state index in [1.807, 2.05) is 43.5 Å². The number of carbonyl (C=O) groups is 1. The van der Waals surface area contributed by atoms with Gasteiger partial charge >= 0.3 is 0 Å². The van der Waals surface area contributed by atoms with Crippen LogP contribution in [0.5, 0.6) is 5.75 Å². The van der Waals surface area contributed by atoms with Crippen molar-refractivity contribution in [3.05, 3.63) is 62.8 Å². The zero-order chi connectivity index (χ0) is 22.5. The first-order valence-corrected chi connectivity index (χ1v) is 11.9. The molecule has 4 rings (SSSR count). The molecule has 9 nitrogen and oxygen atoms in total. The van der Waals surface area contributed by atoms with Crippen molar-refractivity contribution in [1.29, 1.82) is 0 Å². The number of benzene rings is 1. The zero-order valence-corrected chi connectivity index (χ0v) is 19.2. The molecular formula is C21H22N6O3S2. The summed E-state index contributed by atoms with van der Waals surface area (Å²) in [6.45, 7) is 4.58. The number of fused-ring (bicyclic) bond motifs is 1. The lowest BCUT2D eigenvalue weighted by Crippen LogP contribution is -2.27. The number of thioether (sulfide) groups is 1. The lowest BCUT2D eigenvalue weighted by Gasteiger charge is -2.09. The van der Waals surface area contributed by atoms with Crippen molar-refractivity contribution in [1.82, 2.24) is 30.5 Å². The summed E-state index contributed by atoms with van der Waals surface area (Å²) in [5.74, 6) is 1.97. The fourth-order valence-corrected chi connectivity index (χ4v) is 4.68. The number of aromatic nitrogens is 5. The van der Waals surface area contributed by atoms with E-state index >= 15 is 0 Å². The standard InChI is InChI=1S/C21H22N6O3S2/c1-12-11-32-20-16(12)18(28)24-17(25-20)19(29)22-10-14-5-3-6-15(9-14)30-7-4-8-31-21-23-13(2)26-27-21/h3,5-6,9,11H,4,7-8,10H2,1-2H3,(H,22,29)(H,23,26,27)(H,24,25,28). The Morgan fingerprint density at radius 3 is 2.97 bits per heavy atom. The summed E-state index contributed by atoms with van der Waals surface area (Å²) >= 11 is 2.93. The summed E-state index contributed by atoms with van der Waals surface area (Å²) in [7, 11) is 0. The monoisotopic (exact) mass is 470 g/mol. The summed E-state index contributed by atoms with van der Waals surface area (Å²) in [6, 6.07) is 7.54. The third kappa shape index (κ3) is 5.35. The van der Waals surface area contributed by atoms with Crippen LogP contribution in [-0.4, -0.2) is 43.4 Å². The average Bonchev–Trinajstić information content (AvgIpc) is 3.37. The summed E-state index contributed by atoms with van der Waals surface area (Å²) in [6.07, 6.45) is 0.850. The van der Waals surface area contributed by atoms with Crippen LogP contribution >= 0.6 is 23.1 Å². The molecule has 166 valence electrons. The molecule has 11 heteroatoms. The van der Waals surface area contributed by atoms with Gasteiger partial charge in [0.2, 0.25) is 11.0 Å². The van der Waals surface area contributed by atoms with Gasteiger partial charge in [0.25, 0.3) is 11.5 Å². The molecule has 0 aliphatic heterocycles. The molecule has 0 saturated heterocycles. The fraction of sp³-hybridized carbons (Fsp3) is 0.286. The number of thiophene rings is 1. The molecule has 0 radical (unpaired) electrons. The van der Waals surface area contributed by atoms with Crippen LogP contribution in [0.15, 0.2) is 39.6 Å². The minimum absolute atomic E-state index is 0.0100. The van der Waals surface area contributed by atoms with Crippen molar-refractivity contribution in [2.75, 3.05) is 12.4 Å². The predicted octanol–water partition coefficient (Wildman–Crippen LogP) is 3.21. The molecule has 32 heavy (non-hydrogen) atoms. The first-order chi connectivity index (χ1) is 15.5. The molecule has 3 N–H and O–H groups in total. The van der Waals surface area contributed by atoms with Crippen molar-refractivity contribution in [2.24, 2.45) is 0 Å². The maximum Gasteiger partial charge on any atom is 0.287 e. The van der Waals surface area contributed by atoms with Crippen molar-refractivity contribution >= 4 is 39.2 Å². The highest BCUT2D eigenvalue weighted by molar-refractivity contribution is 7.99. The Morgan fingerprint density at radius 2 is 2.16 bits per heavy atom. The Bertz CT molecular complexity index is 1300. The molecule has 0 saturated carbocycles. The molecule has 3 heterocycles. The molecule has 3 aromatic heterocycles. The van der Waals surface area contributed by atoms with Crippen molar-refractivity contribution in [3.63, 3.8) is 0 Å². The third-order valence-corrected chi connectivity index (χ3v) is 6.48. The second-order valence-electron chi connectivity index (χ2n) is 7.10. The maximum atomic E-state index is 12.5. The second-order valence-corrected chi connectivity index (χ2v) is 9.02. The van der Waals surface area contributed by atoms with Crippen LogP contribution < -0.4 is 15.6 Å². The van der Waals surface area contributed by atoms with Gasteiger partial charge in [0.1, 0.15) is 16.4 Å². The summed E-state index contributed by atoms with van der Waals surface area (Å²) in [5.41, 5.74) is 1.44. The van der Waals surface area contributed by atoms with E-state index in [9.17, 15) is 9.59 Å². The lowest BCUT2D eigenvalue weighted by atomic mass is 10.2. The fourth-order valence-electron chi connectivity index (χ4n) is 3.01. The molecule has 0 fully saturated rings. The molecule has 4 aromatic rings. The van der Waals surface area contributed by atoms with Crippen LogP contribution in [0.3, 0.4) is 0 Å². The summed E-state index contributed by atoms with van der Waals surface area (Å²) in [4.78, 5) is 36.4. The van der Waals surface area contributed by atoms with E-state index in [4.69, 9.17) is 4.74 Å². The van der Waals surface area contributed by atoms with Gasteiger partial charge in [-0.3, -0.25) is 14.7 Å². The van der Waals surface area contributed by atoms with E-state index in [1.165, 1.54) is 11.3 Å². The van der Waals surface area contributed by atoms with Gasteiger partial charge < -0.3 is 15.0 Å². The normalized spacial score (nSPS) is 11.1. The van der Waals surface area contributed by atoms with E-state index in [-0.39, 0.29) is 11.4 Å². The number of aryl methyl sites for hydroxylation is 2. The Kier molecular flexibility index (Phi) is 6.86. The van der Waals surface area contributed by atoms with Gasteiger partial charge in [0.15, 0.2) is 0 Å². The molecule has 0 spiro atoms. The first-order valence-electron chi connectivity index (χ1n) is 9.99. The number of amides is 1. The Labute approximate surface area is 192 Å². The highest BCUT2D eigenvalue weighted by Crippen LogP contribution is 2.20. The average molecular weight is 471 g/mol. The molecule has 0 unspecified atom stereocenters. The van der Waals surface area contributed by atoms with E-state index < -0.39 is 5.91 Å². The van der Waals surface area contributed by atoms with Gasteiger partial charge in [-0.25, -0.2) is 9.97 Å². The van der Waals surface area contributed by atoms with Crippen molar-refractivity contribution in [3.8, 4) is 5.75 Å². The van der Waals surface area contributed by atoms with Crippen molar-refractivity contribution < 1.29 is 9.53 Å². The number of aromatic amines is 2. The minimum Gasteiger partial charge on any atom is -0.494 e. The van der Waals surface area contributed by atoms with Crippen LogP contribution in [0.4, 0.5) is 0 Å². The minimum atomic E-state index is -0.430. The molecule has 0 atom stereocenters. The second kappa shape index (κ2) is 9.96. The molecule has 0 bridgehead atoms. The van der Waals surface area contributed by atoms with Gasteiger partial charge in [-0.05, 0) is 48.9 Å². The molecule has 1 aromatic carbocycles. The molecule has 0 aliphatic rings. The van der Waals surface area contributed by atoms with Crippen molar-refractivity contribution in [2.45, 2.75) is 32.0 Å². The van der Waals surface area contributed by atoms with Gasteiger partial charge in [-0.1, -0.05) is 23.9 Å². The number of nitrogens with one attached hydrogen (secondary N) is 3. The summed E-state index contributed by atoms with van der Waals surface area (Å²) < 4.78 is 5.81. The Balaban J connectivity index is 1.27. The number of hydrogen-bond donors (Lipinski definition) is 3. The molecule has 0 aliphatic carbocycles. The number of nitrogens with zero attached hydrogens (tertiary/aromatic N) is 3. The van der Waals surface area contributed by atoms with E-state index in [2.05, 4.69) is 30.5 Å². The SMILES string of the molecule is Cc1nc(SCCCOc2cccc(CNC(=O)c3nc4scc(C)c4c(=O)[nH]3)c2)n[nH]1. The number of carbonyl (C=O) groups excluding carboxylic acids is 1. The molecular weight excluding hydrogens is 448 g/mol. The number of ether oxygens (including phenoxy) is 1. The largest absolute Gasteiger partial charge is 0.494 e. The molecule has 1 amide bonds. The van der Waals surface area contributed by atoms with E-state index in [0.29, 0.717) is 23.4 Å². The number of hydrogen-bond acceptors (Lipinski definition) is 8. The van der Waals surface area contributed by atoms with Gasteiger partial charge in [-0.15, -0.1) is 16.4 Å². The van der Waals surface area contributed by atoms with Gasteiger partial charge in [-0.2, -0.15) is 0 Å². The number of H-pyrrole nitrogens is 2. The lowest BCUT2D eigenvalue weighted by molar-refractivity contribution is 0.0940. The van der Waals surface area contributed by atoms with Crippen LogP contribution in [-0.2, 0) is 6.54 Å². The highest BCUT2D eigenvalue weighted by Gasteiger charge is 2.14. The summed E-state index contributed by atoms with van der Waals surface area (Å²) in [5, 5.41) is 12.8. The topological polar surface area (TPSA) is 126 Å². The van der Waals surface area contributed by atoms with E-state index in [0.717, 1.165) is 40.0 Å². The Morgan fingerprint density at radius 1 is 1.28 bits per heavy atom. The zero-order valence-electron chi connectivity index (χ0n) is 17.6. The van der Waals surface area contributed by atoms with Gasteiger partial charge in [0, 0.05) is 12.3 Å². The maximum absolute atomic E-state index is 12.5. The predicted molar refractivity (Wildman–Crippen MR) is 125 cm³/mol. The van der Waals surface area contributed by atoms with Crippen LogP contribution in [0, 0.1) is 13.8 Å². The quantitative estimate of drug-likeness (QED) is 0.253. The van der Waals surface area contributed by atoms with Crippen LogP contribution in [0.25, 0.3) is 10.2 Å². The first kappa shape index (κ1) is 22.0. The van der Waals surface area contributed by atoms with Crippen LogP contribution in [0.1, 0.15) is 34.0 Å². The third-order valence-electron chi connectivity index (χ3n) is 4.56. The highest BCUT2D eigenvalue weighted by atomic mass is 32.2. The number of rotatable bonds is 9.